The van der Waals surface area contributed by atoms with E-state index in [1.807, 2.05) is 6.07 Å². The topological polar surface area (TPSA) is 56.4 Å². The number of rotatable bonds is 6. The first-order valence-corrected chi connectivity index (χ1v) is 6.65. The van der Waals surface area contributed by atoms with Crippen LogP contribution in [0, 0.1) is 0 Å². The van der Waals surface area contributed by atoms with Crippen molar-refractivity contribution < 1.29 is 9.15 Å². The molecule has 2 heterocycles. The Hall–Kier alpha value is -1.53. The van der Waals surface area contributed by atoms with Crippen LogP contribution in [0.3, 0.4) is 0 Å². The molecule has 0 spiro atoms. The Balaban J connectivity index is 2.04. The zero-order valence-electron chi connectivity index (χ0n) is 10.6. The highest BCUT2D eigenvalue weighted by atomic mass is 79.9. The van der Waals surface area contributed by atoms with Gasteiger partial charge in [-0.05, 0) is 28.1 Å². The first kappa shape index (κ1) is 13.9. The van der Waals surface area contributed by atoms with Crippen LogP contribution in [-0.4, -0.2) is 18.3 Å². The Bertz CT molecular complexity index is 592. The fourth-order valence-corrected chi connectivity index (χ4v) is 1.98. The van der Waals surface area contributed by atoms with Crippen LogP contribution < -0.4 is 10.9 Å². The first-order valence-electron chi connectivity index (χ1n) is 5.86. The maximum atomic E-state index is 11.6. The summed E-state index contributed by atoms with van der Waals surface area (Å²) in [5.41, 5.74) is 0.820. The van der Waals surface area contributed by atoms with Crippen molar-refractivity contribution in [2.75, 3.05) is 19.0 Å². The van der Waals surface area contributed by atoms with E-state index in [1.54, 1.807) is 30.2 Å². The Morgan fingerprint density at radius 3 is 2.95 bits per heavy atom. The number of halogens is 1. The van der Waals surface area contributed by atoms with Gasteiger partial charge in [0.25, 0.3) is 5.56 Å². The van der Waals surface area contributed by atoms with Gasteiger partial charge in [-0.1, -0.05) is 0 Å². The highest BCUT2D eigenvalue weighted by molar-refractivity contribution is 9.10. The summed E-state index contributed by atoms with van der Waals surface area (Å²) in [5.74, 6) is 0.814. The van der Waals surface area contributed by atoms with Crippen LogP contribution in [0.25, 0.3) is 0 Å². The molecule has 2 aromatic rings. The molecule has 0 fully saturated rings. The van der Waals surface area contributed by atoms with Gasteiger partial charge in [0.2, 0.25) is 0 Å². The van der Waals surface area contributed by atoms with E-state index in [0.717, 1.165) is 15.9 Å². The molecule has 0 saturated heterocycles. The average Bonchev–Trinajstić information content (AvgIpc) is 2.82. The standard InChI is InChI=1S/C13H15BrN2O3/c1-18-7-5-16-9-10(2-3-13(16)17)15-8-12-11(14)4-6-19-12/h2-4,6,9,15H,5,7-8H2,1H3. The van der Waals surface area contributed by atoms with Crippen molar-refractivity contribution in [1.82, 2.24) is 4.57 Å². The van der Waals surface area contributed by atoms with Crippen LogP contribution in [-0.2, 0) is 17.8 Å². The van der Waals surface area contributed by atoms with Gasteiger partial charge in [-0.2, -0.15) is 0 Å². The molecule has 102 valence electrons. The van der Waals surface area contributed by atoms with Gasteiger partial charge in [0.15, 0.2) is 0 Å². The van der Waals surface area contributed by atoms with Crippen LogP contribution in [0.2, 0.25) is 0 Å². The van der Waals surface area contributed by atoms with Crippen molar-refractivity contribution in [3.63, 3.8) is 0 Å². The highest BCUT2D eigenvalue weighted by Crippen LogP contribution is 2.18. The largest absolute Gasteiger partial charge is 0.466 e. The molecule has 6 heteroatoms. The van der Waals surface area contributed by atoms with E-state index in [1.165, 1.54) is 6.07 Å². The van der Waals surface area contributed by atoms with Gasteiger partial charge in [0.05, 0.1) is 29.6 Å². The quantitative estimate of drug-likeness (QED) is 0.885. The normalized spacial score (nSPS) is 10.6. The summed E-state index contributed by atoms with van der Waals surface area (Å²) < 4.78 is 12.8. The lowest BCUT2D eigenvalue weighted by atomic mass is 10.3. The number of anilines is 1. The Labute approximate surface area is 119 Å². The summed E-state index contributed by atoms with van der Waals surface area (Å²) in [5, 5.41) is 3.21. The molecule has 0 atom stereocenters. The fraction of sp³-hybridized carbons (Fsp3) is 0.308. The molecule has 0 bridgehead atoms. The summed E-state index contributed by atoms with van der Waals surface area (Å²) in [6.45, 7) is 1.60. The number of nitrogens with one attached hydrogen (secondary N) is 1. The van der Waals surface area contributed by atoms with E-state index in [9.17, 15) is 4.79 Å². The maximum absolute atomic E-state index is 11.6. The monoisotopic (exact) mass is 326 g/mol. The summed E-state index contributed by atoms with van der Waals surface area (Å²) >= 11 is 3.39. The van der Waals surface area contributed by atoms with Gasteiger partial charge in [0, 0.05) is 25.9 Å². The van der Waals surface area contributed by atoms with Gasteiger partial charge in [-0.3, -0.25) is 4.79 Å². The van der Waals surface area contributed by atoms with E-state index in [0.29, 0.717) is 19.7 Å². The number of hydrogen-bond acceptors (Lipinski definition) is 4. The van der Waals surface area contributed by atoms with Gasteiger partial charge in [-0.15, -0.1) is 0 Å². The third-order valence-electron chi connectivity index (χ3n) is 2.66. The second kappa shape index (κ2) is 6.58. The highest BCUT2D eigenvalue weighted by Gasteiger charge is 2.04. The van der Waals surface area contributed by atoms with Crippen molar-refractivity contribution in [2.45, 2.75) is 13.1 Å². The zero-order valence-corrected chi connectivity index (χ0v) is 12.1. The molecule has 0 aliphatic heterocycles. The van der Waals surface area contributed by atoms with Crippen molar-refractivity contribution >= 4 is 21.6 Å². The lowest BCUT2D eigenvalue weighted by Gasteiger charge is -2.09. The molecular formula is C13H15BrN2O3. The minimum atomic E-state index is -0.0400. The summed E-state index contributed by atoms with van der Waals surface area (Å²) in [6, 6.07) is 5.13. The molecule has 2 aromatic heterocycles. The second-order valence-corrected chi connectivity index (χ2v) is 4.84. The van der Waals surface area contributed by atoms with E-state index in [-0.39, 0.29) is 5.56 Å². The summed E-state index contributed by atoms with van der Waals surface area (Å²) in [4.78, 5) is 11.6. The van der Waals surface area contributed by atoms with E-state index < -0.39 is 0 Å². The minimum Gasteiger partial charge on any atom is -0.466 e. The molecule has 5 nitrogen and oxygen atoms in total. The van der Waals surface area contributed by atoms with Crippen LogP contribution in [0.4, 0.5) is 5.69 Å². The molecule has 19 heavy (non-hydrogen) atoms. The van der Waals surface area contributed by atoms with E-state index in [2.05, 4.69) is 21.2 Å². The Kier molecular flexibility index (Phi) is 4.81. The molecule has 1 N–H and O–H groups in total. The van der Waals surface area contributed by atoms with E-state index >= 15 is 0 Å². The molecular weight excluding hydrogens is 312 g/mol. The molecule has 0 radical (unpaired) electrons. The van der Waals surface area contributed by atoms with Crippen molar-refractivity contribution in [3.8, 4) is 0 Å². The number of methoxy groups -OCH3 is 1. The van der Waals surface area contributed by atoms with Gasteiger partial charge in [-0.25, -0.2) is 0 Å². The fourth-order valence-electron chi connectivity index (χ4n) is 1.63. The minimum absolute atomic E-state index is 0.0400. The molecule has 0 saturated carbocycles. The Morgan fingerprint density at radius 2 is 2.26 bits per heavy atom. The lowest BCUT2D eigenvalue weighted by molar-refractivity contribution is 0.186. The lowest BCUT2D eigenvalue weighted by Crippen LogP contribution is -2.21. The zero-order chi connectivity index (χ0) is 13.7. The van der Waals surface area contributed by atoms with Gasteiger partial charge in [0.1, 0.15) is 5.76 Å². The third kappa shape index (κ3) is 3.71. The third-order valence-corrected chi connectivity index (χ3v) is 3.37. The van der Waals surface area contributed by atoms with Crippen LogP contribution in [0.1, 0.15) is 5.76 Å². The average molecular weight is 327 g/mol. The number of hydrogen-bond donors (Lipinski definition) is 1. The Morgan fingerprint density at radius 1 is 1.42 bits per heavy atom. The van der Waals surface area contributed by atoms with Crippen LogP contribution in [0.15, 0.2) is 44.3 Å². The van der Waals surface area contributed by atoms with Gasteiger partial charge >= 0.3 is 0 Å². The number of aromatic nitrogens is 1. The molecule has 0 aliphatic rings. The predicted octanol–water partition coefficient (Wildman–Crippen LogP) is 2.46. The van der Waals surface area contributed by atoms with Crippen molar-refractivity contribution in [1.29, 1.82) is 0 Å². The number of pyridine rings is 1. The first-order chi connectivity index (χ1) is 9.20. The van der Waals surface area contributed by atoms with Crippen LogP contribution in [0.5, 0.6) is 0 Å². The molecule has 2 rings (SSSR count). The smallest absolute Gasteiger partial charge is 0.250 e. The predicted molar refractivity (Wildman–Crippen MR) is 76.3 cm³/mol. The summed E-state index contributed by atoms with van der Waals surface area (Å²) in [7, 11) is 1.61. The maximum Gasteiger partial charge on any atom is 0.250 e. The molecule has 0 amide bonds. The summed E-state index contributed by atoms with van der Waals surface area (Å²) in [6.07, 6.45) is 3.40. The number of ether oxygens (including phenoxy) is 1. The molecule has 0 aliphatic carbocycles. The van der Waals surface area contributed by atoms with Crippen molar-refractivity contribution in [2.24, 2.45) is 0 Å². The van der Waals surface area contributed by atoms with Gasteiger partial charge < -0.3 is 19.0 Å². The number of furan rings is 1. The SMILES string of the molecule is COCCn1cc(NCc2occc2Br)ccc1=O. The van der Waals surface area contributed by atoms with Crippen molar-refractivity contribution in [3.05, 3.63) is 51.2 Å². The molecule has 0 unspecified atom stereocenters. The number of nitrogens with zero attached hydrogens (tertiary/aromatic N) is 1. The second-order valence-electron chi connectivity index (χ2n) is 3.99. The van der Waals surface area contributed by atoms with Crippen LogP contribution >= 0.6 is 15.9 Å². The van der Waals surface area contributed by atoms with E-state index in [4.69, 9.17) is 9.15 Å². The molecule has 0 aromatic carbocycles.